The highest BCUT2D eigenvalue weighted by Gasteiger charge is 2.07. The maximum absolute atomic E-state index is 11.7. The Kier molecular flexibility index (Phi) is 5.73. The largest absolute Gasteiger partial charge is 0.497 e. The summed E-state index contributed by atoms with van der Waals surface area (Å²) in [6.45, 7) is 4.06. The van der Waals surface area contributed by atoms with Crippen molar-refractivity contribution in [2.75, 3.05) is 19.5 Å². The van der Waals surface area contributed by atoms with Crippen LogP contribution in [0.1, 0.15) is 13.8 Å². The van der Waals surface area contributed by atoms with Gasteiger partial charge in [0.25, 0.3) is 0 Å². The fraction of sp³-hybridized carbons (Fsp3) is 0.357. The summed E-state index contributed by atoms with van der Waals surface area (Å²) in [5.41, 5.74) is 0.553. The van der Waals surface area contributed by atoms with Gasteiger partial charge in [0.1, 0.15) is 11.5 Å². The summed E-state index contributed by atoms with van der Waals surface area (Å²) in [5.74, 6) is 1.60. The number of methoxy groups -OCH3 is 2. The first-order chi connectivity index (χ1) is 9.06. The Morgan fingerprint density at radius 3 is 2.58 bits per heavy atom. The standard InChI is InChI=1S/C14H20N2O3/c1-10(2)7-8-15-14(17)16-12-9-11(18-3)5-6-13(12)19-4/h5-10H,1-4H3,(H2,15,16,17)/b8-7+. The highest BCUT2D eigenvalue weighted by Crippen LogP contribution is 2.28. The summed E-state index contributed by atoms with van der Waals surface area (Å²) in [6.07, 6.45) is 3.51. The molecule has 0 aliphatic heterocycles. The first-order valence-electron chi connectivity index (χ1n) is 6.03. The van der Waals surface area contributed by atoms with Gasteiger partial charge < -0.3 is 20.1 Å². The molecule has 0 bridgehead atoms. The van der Waals surface area contributed by atoms with Gasteiger partial charge in [-0.25, -0.2) is 4.79 Å². The number of rotatable bonds is 5. The molecule has 0 unspecified atom stereocenters. The van der Waals surface area contributed by atoms with Crippen molar-refractivity contribution in [1.29, 1.82) is 0 Å². The predicted molar refractivity (Wildman–Crippen MR) is 75.7 cm³/mol. The van der Waals surface area contributed by atoms with Gasteiger partial charge in [0, 0.05) is 12.3 Å². The van der Waals surface area contributed by atoms with Crippen molar-refractivity contribution in [2.45, 2.75) is 13.8 Å². The molecular weight excluding hydrogens is 244 g/mol. The lowest BCUT2D eigenvalue weighted by Gasteiger charge is -2.11. The number of amides is 2. The zero-order valence-corrected chi connectivity index (χ0v) is 11.7. The number of allylic oxidation sites excluding steroid dienone is 1. The lowest BCUT2D eigenvalue weighted by Crippen LogP contribution is -2.24. The van der Waals surface area contributed by atoms with Crippen LogP contribution in [0.4, 0.5) is 10.5 Å². The fourth-order valence-corrected chi connectivity index (χ4v) is 1.39. The molecule has 19 heavy (non-hydrogen) atoms. The van der Waals surface area contributed by atoms with E-state index in [-0.39, 0.29) is 6.03 Å². The monoisotopic (exact) mass is 264 g/mol. The summed E-state index contributed by atoms with van der Waals surface area (Å²) < 4.78 is 10.3. The van der Waals surface area contributed by atoms with Crippen LogP contribution in [0.15, 0.2) is 30.5 Å². The lowest BCUT2D eigenvalue weighted by atomic mass is 10.2. The van der Waals surface area contributed by atoms with Gasteiger partial charge in [-0.05, 0) is 18.1 Å². The molecule has 2 N–H and O–H groups in total. The lowest BCUT2D eigenvalue weighted by molar-refractivity contribution is 0.255. The summed E-state index contributed by atoms with van der Waals surface area (Å²) in [5, 5.41) is 5.33. The Labute approximate surface area is 113 Å². The van der Waals surface area contributed by atoms with Crippen LogP contribution >= 0.6 is 0 Å². The number of benzene rings is 1. The van der Waals surface area contributed by atoms with E-state index < -0.39 is 0 Å². The zero-order valence-electron chi connectivity index (χ0n) is 11.7. The summed E-state index contributed by atoms with van der Waals surface area (Å²) in [7, 11) is 3.11. The van der Waals surface area contributed by atoms with Gasteiger partial charge in [-0.15, -0.1) is 0 Å². The van der Waals surface area contributed by atoms with Gasteiger partial charge in [-0.3, -0.25) is 0 Å². The van der Waals surface area contributed by atoms with Crippen LogP contribution in [0.2, 0.25) is 0 Å². The third kappa shape index (κ3) is 4.91. The van der Waals surface area contributed by atoms with Crippen LogP contribution in [0.5, 0.6) is 11.5 Å². The van der Waals surface area contributed by atoms with E-state index in [1.165, 1.54) is 0 Å². The summed E-state index contributed by atoms with van der Waals surface area (Å²) >= 11 is 0. The summed E-state index contributed by atoms with van der Waals surface area (Å²) in [4.78, 5) is 11.7. The molecule has 0 aliphatic carbocycles. The minimum atomic E-state index is -0.330. The number of urea groups is 1. The van der Waals surface area contributed by atoms with Crippen molar-refractivity contribution in [3.05, 3.63) is 30.5 Å². The minimum Gasteiger partial charge on any atom is -0.497 e. The second kappa shape index (κ2) is 7.31. The Balaban J connectivity index is 2.72. The van der Waals surface area contributed by atoms with Crippen LogP contribution in [0.3, 0.4) is 0 Å². The maximum atomic E-state index is 11.7. The van der Waals surface area contributed by atoms with Gasteiger partial charge >= 0.3 is 6.03 Å². The Morgan fingerprint density at radius 2 is 2.00 bits per heavy atom. The second-order valence-electron chi connectivity index (χ2n) is 4.27. The number of ether oxygens (including phenoxy) is 2. The van der Waals surface area contributed by atoms with Gasteiger partial charge in [0.15, 0.2) is 0 Å². The van der Waals surface area contributed by atoms with Gasteiger partial charge in [-0.1, -0.05) is 19.9 Å². The molecule has 0 atom stereocenters. The maximum Gasteiger partial charge on any atom is 0.323 e. The van der Waals surface area contributed by atoms with E-state index >= 15 is 0 Å². The molecule has 0 aliphatic rings. The van der Waals surface area contributed by atoms with E-state index in [0.717, 1.165) is 0 Å². The fourth-order valence-electron chi connectivity index (χ4n) is 1.39. The first kappa shape index (κ1) is 14.9. The first-order valence-corrected chi connectivity index (χ1v) is 6.03. The molecule has 2 amide bonds. The Morgan fingerprint density at radius 1 is 1.26 bits per heavy atom. The van der Waals surface area contributed by atoms with Crippen LogP contribution in [0.25, 0.3) is 0 Å². The molecule has 0 radical (unpaired) electrons. The number of hydrogen-bond donors (Lipinski definition) is 2. The van der Waals surface area contributed by atoms with Crippen LogP contribution in [0, 0.1) is 5.92 Å². The van der Waals surface area contributed by atoms with Crippen molar-refractivity contribution in [3.8, 4) is 11.5 Å². The highest BCUT2D eigenvalue weighted by atomic mass is 16.5. The quantitative estimate of drug-likeness (QED) is 0.859. The van der Waals surface area contributed by atoms with Crippen molar-refractivity contribution in [1.82, 2.24) is 5.32 Å². The molecule has 1 rings (SSSR count). The third-order valence-electron chi connectivity index (χ3n) is 2.35. The van der Waals surface area contributed by atoms with E-state index in [9.17, 15) is 4.79 Å². The topological polar surface area (TPSA) is 59.6 Å². The van der Waals surface area contributed by atoms with Crippen molar-refractivity contribution >= 4 is 11.7 Å². The number of hydrogen-bond acceptors (Lipinski definition) is 3. The predicted octanol–water partition coefficient (Wildman–Crippen LogP) is 3.00. The Hall–Kier alpha value is -2.17. The molecule has 104 valence electrons. The van der Waals surface area contributed by atoms with Gasteiger partial charge in [0.05, 0.1) is 19.9 Å². The SMILES string of the molecule is COc1ccc(OC)c(NC(=O)N/C=C/C(C)C)c1. The van der Waals surface area contributed by atoms with Crippen LogP contribution in [-0.2, 0) is 0 Å². The van der Waals surface area contributed by atoms with E-state index in [4.69, 9.17) is 9.47 Å². The number of carbonyl (C=O) groups excluding carboxylic acids is 1. The van der Waals surface area contributed by atoms with Crippen LogP contribution in [-0.4, -0.2) is 20.3 Å². The highest BCUT2D eigenvalue weighted by molar-refractivity contribution is 5.91. The molecule has 0 spiro atoms. The average molecular weight is 264 g/mol. The number of carbonyl (C=O) groups is 1. The minimum absolute atomic E-state index is 0.330. The molecule has 0 saturated carbocycles. The summed E-state index contributed by atoms with van der Waals surface area (Å²) in [6, 6.07) is 4.87. The molecule has 0 aromatic heterocycles. The smallest absolute Gasteiger partial charge is 0.323 e. The molecule has 0 saturated heterocycles. The molecular formula is C14H20N2O3. The van der Waals surface area contributed by atoms with Crippen molar-refractivity contribution in [2.24, 2.45) is 5.92 Å². The molecule has 5 nitrogen and oxygen atoms in total. The van der Waals surface area contributed by atoms with E-state index in [2.05, 4.69) is 10.6 Å². The number of anilines is 1. The number of nitrogens with one attached hydrogen (secondary N) is 2. The van der Waals surface area contributed by atoms with E-state index in [0.29, 0.717) is 23.1 Å². The Bertz CT molecular complexity index is 456. The van der Waals surface area contributed by atoms with Gasteiger partial charge in [-0.2, -0.15) is 0 Å². The average Bonchev–Trinajstić information content (AvgIpc) is 2.38. The van der Waals surface area contributed by atoms with Gasteiger partial charge in [0.2, 0.25) is 0 Å². The van der Waals surface area contributed by atoms with Crippen LogP contribution < -0.4 is 20.1 Å². The third-order valence-corrected chi connectivity index (χ3v) is 2.35. The molecule has 1 aromatic carbocycles. The molecule has 5 heteroatoms. The van der Waals surface area contributed by atoms with Crippen molar-refractivity contribution < 1.29 is 14.3 Å². The second-order valence-corrected chi connectivity index (χ2v) is 4.27. The van der Waals surface area contributed by atoms with Crippen molar-refractivity contribution in [3.63, 3.8) is 0 Å². The van der Waals surface area contributed by atoms with E-state index in [1.807, 2.05) is 19.9 Å². The molecule has 0 fully saturated rings. The molecule has 1 aromatic rings. The molecule has 0 heterocycles. The normalized spacial score (nSPS) is 10.6. The van der Waals surface area contributed by atoms with E-state index in [1.54, 1.807) is 38.6 Å². The zero-order chi connectivity index (χ0) is 14.3.